The van der Waals surface area contributed by atoms with Crippen LogP contribution in [0.15, 0.2) is 48.5 Å². The number of esters is 1. The Kier molecular flexibility index (Phi) is 4.38. The van der Waals surface area contributed by atoms with Crippen LogP contribution < -0.4 is 4.74 Å². The van der Waals surface area contributed by atoms with E-state index >= 15 is 0 Å². The molecule has 0 unspecified atom stereocenters. The van der Waals surface area contributed by atoms with Crippen molar-refractivity contribution in [1.29, 1.82) is 0 Å². The largest absolute Gasteiger partial charge is 0.457 e. The molecule has 1 atom stereocenters. The van der Waals surface area contributed by atoms with Crippen molar-refractivity contribution in [3.8, 4) is 11.5 Å². The lowest BCUT2D eigenvalue weighted by molar-refractivity contribution is -0.946. The topological polar surface area (TPSA) is 76.0 Å². The van der Waals surface area contributed by atoms with Crippen LogP contribution in [0.1, 0.15) is 24.0 Å². The number of fused-ring (bicyclic) bond motifs is 5. The maximum atomic E-state index is 13.5. The van der Waals surface area contributed by atoms with Crippen molar-refractivity contribution < 1.29 is 29.0 Å². The van der Waals surface area contributed by atoms with Crippen LogP contribution in [0.4, 0.5) is 0 Å². The van der Waals surface area contributed by atoms with E-state index in [2.05, 4.69) is 0 Å². The predicted octanol–water partition coefficient (Wildman–Crippen LogP) is 2.17. The molecular formula is C23H26NO5+. The lowest BCUT2D eigenvalue weighted by atomic mass is 9.81. The first-order valence-electron chi connectivity index (χ1n) is 10.3. The molecule has 6 nitrogen and oxygen atoms in total. The van der Waals surface area contributed by atoms with Gasteiger partial charge in [-0.25, -0.2) is 4.79 Å². The smallest absolute Gasteiger partial charge is 0.348 e. The Morgan fingerprint density at radius 1 is 1.07 bits per heavy atom. The molecule has 2 aromatic rings. The summed E-state index contributed by atoms with van der Waals surface area (Å²) in [5, 5.41) is 21.2. The molecule has 2 N–H and O–H groups in total. The van der Waals surface area contributed by atoms with Crippen molar-refractivity contribution in [2.24, 2.45) is 5.92 Å². The summed E-state index contributed by atoms with van der Waals surface area (Å²) in [6.45, 7) is 3.55. The van der Waals surface area contributed by atoms with E-state index in [1.54, 1.807) is 36.4 Å². The van der Waals surface area contributed by atoms with Crippen LogP contribution in [0.2, 0.25) is 0 Å². The van der Waals surface area contributed by atoms with Crippen LogP contribution >= 0.6 is 0 Å². The number of aliphatic hydroxyl groups is 2. The van der Waals surface area contributed by atoms with Gasteiger partial charge in [0.1, 0.15) is 24.6 Å². The third kappa shape index (κ3) is 2.86. The van der Waals surface area contributed by atoms with E-state index < -0.39 is 11.6 Å². The number of benzene rings is 2. The highest BCUT2D eigenvalue weighted by Gasteiger charge is 2.52. The molecule has 4 aliphatic rings. The maximum Gasteiger partial charge on any atom is 0.348 e. The number of para-hydroxylation sites is 2. The maximum absolute atomic E-state index is 13.5. The number of nitrogens with zero attached hydrogens (tertiary/aromatic N) is 1. The van der Waals surface area contributed by atoms with Gasteiger partial charge >= 0.3 is 5.97 Å². The van der Waals surface area contributed by atoms with Crippen molar-refractivity contribution >= 4 is 5.97 Å². The molecule has 4 heterocycles. The highest BCUT2D eigenvalue weighted by Crippen LogP contribution is 2.48. The number of ether oxygens (including phenoxy) is 2. The summed E-state index contributed by atoms with van der Waals surface area (Å²) in [6, 6.07) is 14.1. The molecule has 0 spiro atoms. The summed E-state index contributed by atoms with van der Waals surface area (Å²) in [4.78, 5) is 13.5. The Bertz CT molecular complexity index is 883. The van der Waals surface area contributed by atoms with Crippen LogP contribution in [0.5, 0.6) is 11.5 Å². The standard InChI is InChI=1S/C23H26NO5/c25-14-13-24-11-9-16(10-12-24)21(15-24)29-22(26)23(27)17-5-1-3-7-19(17)28-20-8-4-2-6-18(20)23/h1-8,16,21,25,27H,9-15H2/q+1/t16?,21-,24?/m0/s1. The average Bonchev–Trinajstić information content (AvgIpc) is 2.75. The van der Waals surface area contributed by atoms with Gasteiger partial charge in [-0.3, -0.25) is 0 Å². The van der Waals surface area contributed by atoms with Crippen LogP contribution in [0.25, 0.3) is 0 Å². The first kappa shape index (κ1) is 18.6. The van der Waals surface area contributed by atoms with E-state index in [9.17, 15) is 15.0 Å². The quantitative estimate of drug-likeness (QED) is 0.612. The van der Waals surface area contributed by atoms with E-state index in [4.69, 9.17) is 9.47 Å². The van der Waals surface area contributed by atoms with Crippen LogP contribution in [0, 0.1) is 5.92 Å². The zero-order valence-electron chi connectivity index (χ0n) is 16.3. The summed E-state index contributed by atoms with van der Waals surface area (Å²) in [5.41, 5.74) is -1.09. The van der Waals surface area contributed by atoms with Crippen molar-refractivity contribution in [3.05, 3.63) is 59.7 Å². The van der Waals surface area contributed by atoms with Gasteiger partial charge in [-0.05, 0) is 12.1 Å². The van der Waals surface area contributed by atoms with Crippen molar-refractivity contribution in [2.75, 3.05) is 32.8 Å². The highest BCUT2D eigenvalue weighted by molar-refractivity contribution is 5.88. The molecule has 2 bridgehead atoms. The van der Waals surface area contributed by atoms with Crippen LogP contribution in [-0.4, -0.2) is 59.6 Å². The van der Waals surface area contributed by atoms with Crippen molar-refractivity contribution in [3.63, 3.8) is 0 Å². The molecule has 0 aromatic heterocycles. The highest BCUT2D eigenvalue weighted by atomic mass is 16.6. The molecule has 4 aliphatic heterocycles. The fourth-order valence-electron chi connectivity index (χ4n) is 5.30. The van der Waals surface area contributed by atoms with E-state index in [0.717, 1.165) is 30.4 Å². The second-order valence-corrected chi connectivity index (χ2v) is 8.50. The summed E-state index contributed by atoms with van der Waals surface area (Å²) < 4.78 is 12.7. The molecule has 3 fully saturated rings. The molecular weight excluding hydrogens is 370 g/mol. The van der Waals surface area contributed by atoms with Gasteiger partial charge in [0, 0.05) is 29.9 Å². The molecule has 29 heavy (non-hydrogen) atoms. The molecule has 0 aliphatic carbocycles. The minimum absolute atomic E-state index is 0.132. The summed E-state index contributed by atoms with van der Waals surface area (Å²) in [6.07, 6.45) is 1.71. The minimum atomic E-state index is -1.90. The number of hydrogen-bond acceptors (Lipinski definition) is 5. The first-order chi connectivity index (χ1) is 14.1. The van der Waals surface area contributed by atoms with Gasteiger partial charge in [-0.2, -0.15) is 0 Å². The molecule has 2 aromatic carbocycles. The Morgan fingerprint density at radius 2 is 1.66 bits per heavy atom. The zero-order chi connectivity index (χ0) is 20.1. The monoisotopic (exact) mass is 396 g/mol. The van der Waals surface area contributed by atoms with Gasteiger partial charge < -0.3 is 24.2 Å². The van der Waals surface area contributed by atoms with E-state index in [-0.39, 0.29) is 12.7 Å². The summed E-state index contributed by atoms with van der Waals surface area (Å²) in [5.74, 6) is 0.583. The van der Waals surface area contributed by atoms with E-state index in [1.807, 2.05) is 12.1 Å². The number of aliphatic hydroxyl groups excluding tert-OH is 1. The predicted molar refractivity (Wildman–Crippen MR) is 105 cm³/mol. The fraction of sp³-hybridized carbons (Fsp3) is 0.435. The van der Waals surface area contributed by atoms with E-state index in [1.165, 1.54) is 0 Å². The second kappa shape index (κ2) is 6.83. The lowest BCUT2D eigenvalue weighted by Crippen LogP contribution is -2.65. The second-order valence-electron chi connectivity index (χ2n) is 8.50. The minimum Gasteiger partial charge on any atom is -0.457 e. The van der Waals surface area contributed by atoms with Gasteiger partial charge in [0.05, 0.1) is 19.7 Å². The number of rotatable bonds is 4. The normalized spacial score (nSPS) is 28.8. The van der Waals surface area contributed by atoms with Gasteiger partial charge in [0.2, 0.25) is 5.60 Å². The third-order valence-electron chi connectivity index (χ3n) is 6.94. The van der Waals surface area contributed by atoms with Gasteiger partial charge in [0.15, 0.2) is 6.10 Å². The van der Waals surface area contributed by atoms with Crippen molar-refractivity contribution in [1.82, 2.24) is 0 Å². The van der Waals surface area contributed by atoms with Crippen molar-refractivity contribution in [2.45, 2.75) is 24.5 Å². The van der Waals surface area contributed by atoms with Gasteiger partial charge in [0.25, 0.3) is 0 Å². The van der Waals surface area contributed by atoms with Gasteiger partial charge in [-0.15, -0.1) is 0 Å². The Morgan fingerprint density at radius 3 is 2.24 bits per heavy atom. The zero-order valence-corrected chi connectivity index (χ0v) is 16.3. The number of carbonyl (C=O) groups is 1. The fourth-order valence-corrected chi connectivity index (χ4v) is 5.30. The first-order valence-corrected chi connectivity index (χ1v) is 10.3. The number of quaternary nitrogens is 1. The summed E-state index contributed by atoms with van der Waals surface area (Å²) >= 11 is 0. The Labute approximate surface area is 169 Å². The van der Waals surface area contributed by atoms with E-state index in [0.29, 0.717) is 41.6 Å². The molecule has 3 saturated heterocycles. The number of piperidine rings is 3. The SMILES string of the molecule is O=C(O[C@H]1C[N+]2(CCO)CCC1CC2)C1(O)c2ccccc2Oc2ccccc21. The van der Waals surface area contributed by atoms with Crippen LogP contribution in [-0.2, 0) is 15.1 Å². The average molecular weight is 396 g/mol. The van der Waals surface area contributed by atoms with Gasteiger partial charge in [-0.1, -0.05) is 36.4 Å². The number of carbonyl (C=O) groups excluding carboxylic acids is 1. The Hall–Kier alpha value is -2.41. The third-order valence-corrected chi connectivity index (χ3v) is 6.94. The molecule has 0 amide bonds. The number of hydrogen-bond donors (Lipinski definition) is 2. The molecule has 152 valence electrons. The van der Waals surface area contributed by atoms with Crippen LogP contribution in [0.3, 0.4) is 0 Å². The molecule has 0 radical (unpaired) electrons. The molecule has 6 rings (SSSR count). The lowest BCUT2D eigenvalue weighted by Gasteiger charge is -2.52. The Balaban J connectivity index is 1.49. The molecule has 0 saturated carbocycles. The summed E-state index contributed by atoms with van der Waals surface area (Å²) in [7, 11) is 0. The molecule has 6 heteroatoms.